The van der Waals surface area contributed by atoms with Gasteiger partial charge in [0.1, 0.15) is 0 Å². The van der Waals surface area contributed by atoms with Crippen molar-refractivity contribution >= 4 is 49.6 Å². The van der Waals surface area contributed by atoms with Crippen molar-refractivity contribution in [2.75, 3.05) is 54.5 Å². The van der Waals surface area contributed by atoms with Crippen molar-refractivity contribution in [3.63, 3.8) is 0 Å². The lowest BCUT2D eigenvalue weighted by molar-refractivity contribution is 0.100. The van der Waals surface area contributed by atoms with Crippen molar-refractivity contribution < 1.29 is 9.47 Å². The number of hydrogen-bond acceptors (Lipinski definition) is 6. The van der Waals surface area contributed by atoms with Gasteiger partial charge in [0.15, 0.2) is 0 Å². The molecule has 0 amide bonds. The van der Waals surface area contributed by atoms with Crippen LogP contribution in [0, 0.1) is 0 Å². The van der Waals surface area contributed by atoms with Crippen LogP contribution in [0.15, 0.2) is 0 Å². The van der Waals surface area contributed by atoms with Crippen molar-refractivity contribution in [2.45, 2.75) is 24.3 Å². The van der Waals surface area contributed by atoms with E-state index in [0.29, 0.717) is 0 Å². The number of nitrogens with zero attached hydrogens (tertiary/aromatic N) is 2. The molecule has 2 saturated heterocycles. The fourth-order valence-electron chi connectivity index (χ4n) is 2.49. The molecule has 2 rings (SSSR count). The average molecular weight is 406 g/mol. The smallest absolute Gasteiger partial charge is 0.0861 e. The number of hydrogen-bond donors (Lipinski definition) is 2. The third-order valence-corrected chi connectivity index (χ3v) is 3.59. The summed E-state index contributed by atoms with van der Waals surface area (Å²) in [7, 11) is 7.53. The molecule has 140 valence electrons. The van der Waals surface area contributed by atoms with Crippen LogP contribution in [0.5, 0.6) is 0 Å². The third-order valence-electron chi connectivity index (χ3n) is 3.59. The van der Waals surface area contributed by atoms with E-state index in [-0.39, 0.29) is 73.9 Å². The van der Waals surface area contributed by atoms with Crippen molar-refractivity contribution in [2.24, 2.45) is 11.5 Å². The van der Waals surface area contributed by atoms with Gasteiger partial charge >= 0.3 is 0 Å². The minimum absolute atomic E-state index is 0. The second-order valence-corrected chi connectivity index (χ2v) is 5.32. The lowest BCUT2D eigenvalue weighted by Gasteiger charge is -2.10. The molecule has 10 heteroatoms. The molecule has 2 fully saturated rings. The number of methoxy groups -OCH3 is 2. The summed E-state index contributed by atoms with van der Waals surface area (Å²) in [5, 5.41) is 0. The number of nitrogens with two attached hydrogens (primary N) is 2. The van der Waals surface area contributed by atoms with Crippen LogP contribution in [0.4, 0.5) is 0 Å². The number of rotatable bonds is 2. The number of halogens is 4. The molecule has 0 saturated carbocycles. The topological polar surface area (TPSA) is 77.0 Å². The van der Waals surface area contributed by atoms with Gasteiger partial charge < -0.3 is 30.7 Å². The maximum Gasteiger partial charge on any atom is 0.0861 e. The van der Waals surface area contributed by atoms with Crippen molar-refractivity contribution in [1.29, 1.82) is 0 Å². The lowest BCUT2D eigenvalue weighted by atomic mass is 10.2. The highest BCUT2D eigenvalue weighted by molar-refractivity contribution is 5.86. The lowest BCUT2D eigenvalue weighted by Crippen LogP contribution is -2.34. The van der Waals surface area contributed by atoms with E-state index in [1.807, 2.05) is 0 Å². The Hall–Kier alpha value is 0.920. The summed E-state index contributed by atoms with van der Waals surface area (Å²) in [6.07, 6.45) is 0.491. The molecule has 6 nitrogen and oxygen atoms in total. The SMILES string of the molecule is CO[C@@H]1CN(C)C[C@H]1N.CO[C@H]1CN(C)C[C@@H]1N.Cl.Cl.Cl.Cl. The average Bonchev–Trinajstić information content (AvgIpc) is 2.81. The Kier molecular flexibility index (Phi) is 21.6. The van der Waals surface area contributed by atoms with Gasteiger partial charge in [0.05, 0.1) is 12.2 Å². The fraction of sp³-hybridized carbons (Fsp3) is 1.00. The molecule has 0 aromatic rings. The molecule has 0 aromatic carbocycles. The minimum atomic E-state index is 0. The van der Waals surface area contributed by atoms with Crippen molar-refractivity contribution in [3.05, 3.63) is 0 Å². The van der Waals surface area contributed by atoms with Gasteiger partial charge in [-0.05, 0) is 14.1 Å². The van der Waals surface area contributed by atoms with Crippen LogP contribution < -0.4 is 11.5 Å². The summed E-state index contributed by atoms with van der Waals surface area (Å²) < 4.78 is 10.3. The first-order chi connectivity index (χ1) is 8.47. The molecule has 0 bridgehead atoms. The van der Waals surface area contributed by atoms with Gasteiger partial charge in [-0.25, -0.2) is 0 Å². The first-order valence-electron chi connectivity index (χ1n) is 6.41. The Morgan fingerprint density at radius 3 is 1.05 bits per heavy atom. The van der Waals surface area contributed by atoms with E-state index in [1.54, 1.807) is 14.2 Å². The molecule has 22 heavy (non-hydrogen) atoms. The van der Waals surface area contributed by atoms with E-state index in [1.165, 1.54) is 0 Å². The molecule has 0 aromatic heterocycles. The summed E-state index contributed by atoms with van der Waals surface area (Å²) in [6, 6.07) is 0.417. The van der Waals surface area contributed by atoms with Crippen LogP contribution in [-0.2, 0) is 9.47 Å². The summed E-state index contributed by atoms with van der Waals surface area (Å²) in [5.41, 5.74) is 11.4. The zero-order chi connectivity index (χ0) is 13.7. The Balaban J connectivity index is -0.000000125. The van der Waals surface area contributed by atoms with Crippen LogP contribution in [0.3, 0.4) is 0 Å². The van der Waals surface area contributed by atoms with Gasteiger partial charge in [-0.1, -0.05) is 0 Å². The zero-order valence-corrected chi connectivity index (χ0v) is 16.9. The van der Waals surface area contributed by atoms with Gasteiger partial charge in [0, 0.05) is 52.5 Å². The molecule has 4 N–H and O–H groups in total. The molecule has 0 aliphatic carbocycles. The highest BCUT2D eigenvalue weighted by Crippen LogP contribution is 2.08. The second kappa shape index (κ2) is 15.4. The van der Waals surface area contributed by atoms with Crippen LogP contribution >= 0.6 is 49.6 Å². The molecule has 2 aliphatic rings. The molecule has 0 unspecified atom stereocenters. The van der Waals surface area contributed by atoms with E-state index in [4.69, 9.17) is 20.9 Å². The summed E-state index contributed by atoms with van der Waals surface area (Å²) in [4.78, 5) is 4.36. The maximum atomic E-state index is 5.71. The highest BCUT2D eigenvalue weighted by Gasteiger charge is 2.27. The molecular weight excluding hydrogens is 374 g/mol. The summed E-state index contributed by atoms with van der Waals surface area (Å²) >= 11 is 0. The van der Waals surface area contributed by atoms with E-state index in [2.05, 4.69) is 23.9 Å². The van der Waals surface area contributed by atoms with Crippen molar-refractivity contribution in [3.8, 4) is 0 Å². The molecule has 2 aliphatic heterocycles. The molecular formula is C12H32Cl4N4O2. The first kappa shape index (κ1) is 30.8. The van der Waals surface area contributed by atoms with E-state index < -0.39 is 0 Å². The fourth-order valence-corrected chi connectivity index (χ4v) is 2.49. The largest absolute Gasteiger partial charge is 0.378 e. The van der Waals surface area contributed by atoms with E-state index in [9.17, 15) is 0 Å². The minimum Gasteiger partial charge on any atom is -0.378 e. The van der Waals surface area contributed by atoms with Gasteiger partial charge in [-0.15, -0.1) is 49.6 Å². The van der Waals surface area contributed by atoms with Crippen LogP contribution in [0.2, 0.25) is 0 Å². The number of likely N-dealkylation sites (N-methyl/N-ethyl adjacent to an activating group) is 2. The van der Waals surface area contributed by atoms with E-state index in [0.717, 1.165) is 26.2 Å². The van der Waals surface area contributed by atoms with E-state index >= 15 is 0 Å². The van der Waals surface area contributed by atoms with Crippen LogP contribution in [-0.4, -0.2) is 88.6 Å². The van der Waals surface area contributed by atoms with Gasteiger partial charge in [0.25, 0.3) is 0 Å². The zero-order valence-electron chi connectivity index (χ0n) is 13.6. The number of likely N-dealkylation sites (tertiary alicyclic amines) is 2. The monoisotopic (exact) mass is 404 g/mol. The highest BCUT2D eigenvalue weighted by atomic mass is 35.5. The molecule has 0 spiro atoms. The quantitative estimate of drug-likeness (QED) is 0.684. The molecule has 4 atom stereocenters. The van der Waals surface area contributed by atoms with Gasteiger partial charge in [-0.3, -0.25) is 0 Å². The predicted molar refractivity (Wildman–Crippen MR) is 102 cm³/mol. The Morgan fingerprint density at radius 2 is 0.955 bits per heavy atom. The third kappa shape index (κ3) is 9.93. The van der Waals surface area contributed by atoms with Crippen LogP contribution in [0.25, 0.3) is 0 Å². The second-order valence-electron chi connectivity index (χ2n) is 5.32. The molecule has 2 heterocycles. The van der Waals surface area contributed by atoms with Crippen LogP contribution in [0.1, 0.15) is 0 Å². The van der Waals surface area contributed by atoms with Crippen molar-refractivity contribution in [1.82, 2.24) is 9.80 Å². The predicted octanol–water partition coefficient (Wildman–Crippen LogP) is 0.235. The summed E-state index contributed by atoms with van der Waals surface area (Å²) in [6.45, 7) is 3.85. The Labute approximate surface area is 159 Å². The van der Waals surface area contributed by atoms with Gasteiger partial charge in [-0.2, -0.15) is 0 Å². The first-order valence-corrected chi connectivity index (χ1v) is 6.41. The standard InChI is InChI=1S/2C6H14N2O.4ClH/c2*1-8-3-5(7)6(4-8)9-2;;;;/h2*5-6H,3-4,7H2,1-2H3;4*1H/t2*5-,6-;;;;/m10..../s1. The summed E-state index contributed by atoms with van der Waals surface area (Å²) in [5.74, 6) is 0. The normalized spacial score (nSPS) is 30.8. The Morgan fingerprint density at radius 1 is 0.682 bits per heavy atom. The maximum absolute atomic E-state index is 5.71. The van der Waals surface area contributed by atoms with Gasteiger partial charge in [0.2, 0.25) is 0 Å². The Bertz CT molecular complexity index is 233. The number of ether oxygens (including phenoxy) is 2. The molecule has 0 radical (unpaired) electrons.